The van der Waals surface area contributed by atoms with Crippen molar-refractivity contribution in [2.75, 3.05) is 0 Å². The second-order valence-corrected chi connectivity index (χ2v) is 19.3. The van der Waals surface area contributed by atoms with E-state index in [4.69, 9.17) is 15.0 Å². The van der Waals surface area contributed by atoms with Gasteiger partial charge in [0.15, 0.2) is 17.5 Å². The van der Waals surface area contributed by atoms with Crippen molar-refractivity contribution in [3.8, 4) is 73.2 Å². The van der Waals surface area contributed by atoms with Crippen LogP contribution in [0.1, 0.15) is 22.3 Å². The molecule has 0 amide bonds. The first-order chi connectivity index (χ1) is 34.2. The molecule has 1 unspecified atom stereocenters. The highest BCUT2D eigenvalue weighted by atomic mass is 32.1. The van der Waals surface area contributed by atoms with Crippen LogP contribution in [0.2, 0.25) is 0 Å². The average Bonchev–Trinajstić information content (AvgIpc) is 4.08. The minimum Gasteiger partial charge on any atom is -0.309 e. The van der Waals surface area contributed by atoms with E-state index in [1.807, 2.05) is 29.5 Å². The zero-order valence-corrected chi connectivity index (χ0v) is 38.0. The van der Waals surface area contributed by atoms with Gasteiger partial charge in [-0.15, -0.1) is 11.3 Å². The van der Waals surface area contributed by atoms with Crippen LogP contribution >= 0.6 is 11.3 Å². The molecule has 1 spiro atoms. The lowest BCUT2D eigenvalue weighted by atomic mass is 9.65. The lowest BCUT2D eigenvalue weighted by Crippen LogP contribution is -2.33. The van der Waals surface area contributed by atoms with Crippen molar-refractivity contribution in [3.05, 3.63) is 253 Å². The maximum Gasteiger partial charge on any atom is 0.164 e. The van der Waals surface area contributed by atoms with Gasteiger partial charge < -0.3 is 4.57 Å². The van der Waals surface area contributed by atoms with Crippen molar-refractivity contribution in [3.63, 3.8) is 0 Å². The third-order valence-corrected chi connectivity index (χ3v) is 15.8. The zero-order valence-electron chi connectivity index (χ0n) is 37.1. The van der Waals surface area contributed by atoms with Crippen LogP contribution in [-0.4, -0.2) is 19.5 Å². The number of hydrogen-bond donors (Lipinski definition) is 0. The van der Waals surface area contributed by atoms with Gasteiger partial charge in [-0.1, -0.05) is 200 Å². The number of para-hydroxylation sites is 3. The van der Waals surface area contributed by atoms with Crippen molar-refractivity contribution in [2.24, 2.45) is 0 Å². The fourth-order valence-electron chi connectivity index (χ4n) is 11.8. The Morgan fingerprint density at radius 2 is 0.913 bits per heavy atom. The number of fused-ring (bicyclic) bond motifs is 15. The summed E-state index contributed by atoms with van der Waals surface area (Å²) >= 11 is 1.86. The van der Waals surface area contributed by atoms with Gasteiger partial charge in [0.1, 0.15) is 0 Å². The molecule has 0 N–H and O–H groups in total. The number of hydrogen-bond acceptors (Lipinski definition) is 4. The van der Waals surface area contributed by atoms with E-state index in [1.165, 1.54) is 92.2 Å². The molecule has 0 saturated heterocycles. The van der Waals surface area contributed by atoms with E-state index in [0.717, 1.165) is 27.8 Å². The number of nitrogens with zero attached hydrogens (tertiary/aromatic N) is 4. The lowest BCUT2D eigenvalue weighted by Gasteiger charge is -2.39. The molecule has 5 heteroatoms. The van der Waals surface area contributed by atoms with Gasteiger partial charge in [-0.2, -0.15) is 0 Å². The van der Waals surface area contributed by atoms with Crippen LogP contribution in [-0.2, 0) is 5.41 Å². The summed E-state index contributed by atoms with van der Waals surface area (Å²) < 4.78 is 5.09. The predicted molar refractivity (Wildman–Crippen MR) is 285 cm³/mol. The lowest BCUT2D eigenvalue weighted by molar-refractivity contribution is 0.748. The summed E-state index contributed by atoms with van der Waals surface area (Å²) in [5.74, 6) is 1.90. The molecule has 0 bridgehead atoms. The van der Waals surface area contributed by atoms with Gasteiger partial charge in [0.2, 0.25) is 0 Å². The summed E-state index contributed by atoms with van der Waals surface area (Å²) in [6, 6.07) is 83.9. The number of benzene rings is 10. The maximum absolute atomic E-state index is 5.46. The normalized spacial score (nSPS) is 14.4. The maximum atomic E-state index is 5.46. The highest BCUT2D eigenvalue weighted by molar-refractivity contribution is 7.25. The molecule has 13 aromatic rings. The van der Waals surface area contributed by atoms with Crippen LogP contribution in [0.5, 0.6) is 0 Å². The minimum absolute atomic E-state index is 0.631. The molecule has 1 aliphatic heterocycles. The monoisotopic (exact) mass is 894 g/mol. The van der Waals surface area contributed by atoms with Crippen LogP contribution in [0.25, 0.3) is 115 Å². The number of thiophene rings is 1. The first-order valence-electron chi connectivity index (χ1n) is 23.5. The molecule has 2 aliphatic rings. The molecule has 0 radical (unpaired) electrons. The molecule has 4 heterocycles. The van der Waals surface area contributed by atoms with Crippen molar-refractivity contribution in [1.29, 1.82) is 0 Å². The highest BCUT2D eigenvalue weighted by Crippen LogP contribution is 2.63. The van der Waals surface area contributed by atoms with Crippen LogP contribution in [0, 0.1) is 0 Å². The molecule has 0 saturated carbocycles. The summed E-state index contributed by atoms with van der Waals surface area (Å²) in [7, 11) is 0. The molecule has 15 rings (SSSR count). The molecule has 4 nitrogen and oxygen atoms in total. The van der Waals surface area contributed by atoms with Gasteiger partial charge in [0.05, 0.1) is 22.1 Å². The van der Waals surface area contributed by atoms with Crippen molar-refractivity contribution < 1.29 is 0 Å². The van der Waals surface area contributed by atoms with E-state index < -0.39 is 5.41 Å². The second-order valence-electron chi connectivity index (χ2n) is 18.2. The zero-order chi connectivity index (χ0) is 45.2. The molecule has 69 heavy (non-hydrogen) atoms. The molecule has 3 aromatic heterocycles. The Bertz CT molecular complexity index is 4250. The van der Waals surface area contributed by atoms with E-state index in [9.17, 15) is 0 Å². The first-order valence-corrected chi connectivity index (χ1v) is 24.3. The van der Waals surface area contributed by atoms with Gasteiger partial charge in [0, 0.05) is 47.6 Å². The largest absolute Gasteiger partial charge is 0.309 e. The fourth-order valence-corrected chi connectivity index (χ4v) is 12.9. The number of rotatable bonds is 5. The summed E-state index contributed by atoms with van der Waals surface area (Å²) in [6.07, 6.45) is 0. The van der Waals surface area contributed by atoms with E-state index in [0.29, 0.717) is 17.5 Å². The predicted octanol–water partition coefficient (Wildman–Crippen LogP) is 16.3. The Hall–Kier alpha value is -8.77. The van der Waals surface area contributed by atoms with Gasteiger partial charge in [-0.25, -0.2) is 15.0 Å². The van der Waals surface area contributed by atoms with Crippen molar-refractivity contribution >= 4 is 53.3 Å². The molecular formula is C64H38N4S. The van der Waals surface area contributed by atoms with Gasteiger partial charge in [-0.3, -0.25) is 0 Å². The van der Waals surface area contributed by atoms with Gasteiger partial charge in [0.25, 0.3) is 0 Å². The molecular weight excluding hydrogens is 857 g/mol. The summed E-state index contributed by atoms with van der Waals surface area (Å²) in [5.41, 5.74) is 17.9. The van der Waals surface area contributed by atoms with Crippen LogP contribution < -0.4 is 0 Å². The van der Waals surface area contributed by atoms with Crippen LogP contribution in [0.15, 0.2) is 231 Å². The van der Waals surface area contributed by atoms with Crippen molar-refractivity contribution in [2.45, 2.75) is 5.41 Å². The molecule has 1 atom stereocenters. The minimum atomic E-state index is -0.661. The molecule has 0 fully saturated rings. The Morgan fingerprint density at radius 1 is 0.348 bits per heavy atom. The van der Waals surface area contributed by atoms with E-state index in [1.54, 1.807) is 0 Å². The Labute approximate surface area is 402 Å². The third kappa shape index (κ3) is 5.42. The SMILES string of the molecule is c1ccc(-c2ccc(-c3nc(-c4ccccc4)nc(-c4cccc5c4-c4cc(-c6cccc7sc8ccccc8c67)ccc4C54c5ccccc5-n5c6ccccc6c6cccc4c65)n3)cc2)cc1. The Balaban J connectivity index is 1.04. The molecule has 320 valence electrons. The topological polar surface area (TPSA) is 43.6 Å². The number of aromatic nitrogens is 4. The Kier molecular flexibility index (Phi) is 8.12. The van der Waals surface area contributed by atoms with E-state index in [2.05, 4.69) is 217 Å². The second kappa shape index (κ2) is 14.6. The molecule has 10 aromatic carbocycles. The average molecular weight is 895 g/mol. The first kappa shape index (κ1) is 38.3. The molecule has 1 aliphatic carbocycles. The van der Waals surface area contributed by atoms with Gasteiger partial charge >= 0.3 is 0 Å². The Morgan fingerprint density at radius 3 is 1.75 bits per heavy atom. The summed E-state index contributed by atoms with van der Waals surface area (Å²) in [4.78, 5) is 16.1. The van der Waals surface area contributed by atoms with Crippen LogP contribution in [0.3, 0.4) is 0 Å². The standard InChI is InChI=1S/C64H38N4S/c1-3-16-39(17-4-1)40-32-34-42(35-33-40)62-65-61(41-18-5-2-6-19-41)66-63(67-62)48-24-14-26-52-58(48)49-38-43(44-22-15-31-57-59(44)47-21-8-12-30-56(47)69-57)36-37-50(49)64(52)51-25-9-11-29-55(51)68-54-28-10-7-20-45(54)46-23-13-27-53(64)60(46)68/h1-38H. The third-order valence-electron chi connectivity index (χ3n) is 14.7. The van der Waals surface area contributed by atoms with Crippen molar-refractivity contribution in [1.82, 2.24) is 19.5 Å². The van der Waals surface area contributed by atoms with E-state index >= 15 is 0 Å². The smallest absolute Gasteiger partial charge is 0.164 e. The van der Waals surface area contributed by atoms with Crippen LogP contribution in [0.4, 0.5) is 0 Å². The van der Waals surface area contributed by atoms with E-state index in [-0.39, 0.29) is 0 Å². The van der Waals surface area contributed by atoms with Gasteiger partial charge in [-0.05, 0) is 86.0 Å². The highest BCUT2D eigenvalue weighted by Gasteiger charge is 2.51. The summed E-state index contributed by atoms with van der Waals surface area (Å²) in [5, 5.41) is 5.09. The summed E-state index contributed by atoms with van der Waals surface area (Å²) in [6.45, 7) is 0. The fraction of sp³-hybridized carbons (Fsp3) is 0.0156. The quantitative estimate of drug-likeness (QED) is 0.173.